The number of ether oxygens (including phenoxy) is 1. The molecule has 0 aliphatic rings. The minimum Gasteiger partial charge on any atom is -0.504 e. The van der Waals surface area contributed by atoms with Crippen LogP contribution in [0.1, 0.15) is 23.1 Å². The Morgan fingerprint density at radius 1 is 1.00 bits per heavy atom. The summed E-state index contributed by atoms with van der Waals surface area (Å²) in [5.41, 5.74) is -0.0113. The maximum absolute atomic E-state index is 12.7. The Hall–Kier alpha value is -3.35. The fraction of sp³-hybridized carbons (Fsp3) is 0.143. The van der Waals surface area contributed by atoms with Gasteiger partial charge in [0.1, 0.15) is 0 Å². The van der Waals surface area contributed by atoms with Crippen molar-refractivity contribution in [2.45, 2.75) is 12.6 Å². The molecule has 0 saturated carbocycles. The molecule has 28 heavy (non-hydrogen) atoms. The zero-order valence-electron chi connectivity index (χ0n) is 14.9. The van der Waals surface area contributed by atoms with Crippen LogP contribution in [0.4, 0.5) is 13.2 Å². The van der Waals surface area contributed by atoms with E-state index in [1.54, 1.807) is 6.07 Å². The molecular weight excluding hydrogens is 373 g/mol. The van der Waals surface area contributed by atoms with Gasteiger partial charge in [-0.25, -0.2) is 0 Å². The van der Waals surface area contributed by atoms with Gasteiger partial charge in [0, 0.05) is 0 Å². The van der Waals surface area contributed by atoms with Gasteiger partial charge in [-0.15, -0.1) is 0 Å². The number of aromatic hydroxyl groups is 1. The Balaban J connectivity index is 1.97. The minimum absolute atomic E-state index is 0.0408. The first kappa shape index (κ1) is 21.0. The number of hydrogen-bond donors (Lipinski definition) is 1. The normalized spacial score (nSPS) is 11.9. The molecule has 4 nitrogen and oxygen atoms in total. The number of rotatable bonds is 7. The van der Waals surface area contributed by atoms with Gasteiger partial charge >= 0.3 is 6.18 Å². The zero-order chi connectivity index (χ0) is 20.7. The van der Waals surface area contributed by atoms with Crippen LogP contribution in [0.3, 0.4) is 0 Å². The molecular formula is C21H17F3O4. The highest BCUT2D eigenvalue weighted by Gasteiger charge is 2.30. The topological polar surface area (TPSA) is 63.6 Å². The second kappa shape index (κ2) is 9.03. The average molecular weight is 390 g/mol. The van der Waals surface area contributed by atoms with Gasteiger partial charge in [0.05, 0.1) is 19.1 Å². The molecule has 7 heteroatoms. The van der Waals surface area contributed by atoms with Crippen LogP contribution in [-0.2, 0) is 15.8 Å². The quantitative estimate of drug-likeness (QED) is 0.551. The second-order valence-corrected chi connectivity index (χ2v) is 5.83. The van der Waals surface area contributed by atoms with Crippen molar-refractivity contribution < 1.29 is 32.6 Å². The van der Waals surface area contributed by atoms with Crippen LogP contribution >= 0.6 is 0 Å². The Labute approximate surface area is 159 Å². The Morgan fingerprint density at radius 2 is 1.61 bits per heavy atom. The molecule has 0 fully saturated rings. The number of halogens is 3. The van der Waals surface area contributed by atoms with Crippen LogP contribution in [0.15, 0.2) is 54.6 Å². The van der Waals surface area contributed by atoms with Crippen LogP contribution in [0, 0.1) is 0 Å². The average Bonchev–Trinajstić information content (AvgIpc) is 2.65. The van der Waals surface area contributed by atoms with E-state index in [1.165, 1.54) is 49.6 Å². The molecule has 0 atom stereocenters. The van der Waals surface area contributed by atoms with Crippen LogP contribution in [0.25, 0.3) is 12.2 Å². The van der Waals surface area contributed by atoms with E-state index in [9.17, 15) is 27.9 Å². The third-order valence-electron chi connectivity index (χ3n) is 3.69. The minimum atomic E-state index is -4.47. The lowest BCUT2D eigenvalue weighted by Gasteiger charge is -2.06. The van der Waals surface area contributed by atoms with Crippen LogP contribution < -0.4 is 4.74 Å². The van der Waals surface area contributed by atoms with E-state index in [1.807, 2.05) is 0 Å². The van der Waals surface area contributed by atoms with E-state index in [-0.39, 0.29) is 17.1 Å². The molecule has 0 aliphatic carbocycles. The molecule has 0 spiro atoms. The lowest BCUT2D eigenvalue weighted by Crippen LogP contribution is -2.04. The smallest absolute Gasteiger partial charge is 0.416 e. The van der Waals surface area contributed by atoms with Crippen LogP contribution in [-0.4, -0.2) is 23.8 Å². The molecule has 0 aromatic heterocycles. The van der Waals surface area contributed by atoms with Crippen LogP contribution in [0.2, 0.25) is 0 Å². The maximum atomic E-state index is 12.7. The first-order valence-corrected chi connectivity index (χ1v) is 8.15. The Bertz CT molecular complexity index is 927. The van der Waals surface area contributed by atoms with Gasteiger partial charge in [-0.3, -0.25) is 9.59 Å². The van der Waals surface area contributed by atoms with Gasteiger partial charge in [0.2, 0.25) is 0 Å². The first-order chi connectivity index (χ1) is 13.2. The second-order valence-electron chi connectivity index (χ2n) is 5.83. The number of phenols is 1. The van der Waals surface area contributed by atoms with Crippen molar-refractivity contribution in [2.75, 3.05) is 7.11 Å². The summed E-state index contributed by atoms with van der Waals surface area (Å²) in [6.07, 6.45) is 0.104. The monoisotopic (exact) mass is 390 g/mol. The molecule has 0 radical (unpaired) electrons. The van der Waals surface area contributed by atoms with E-state index in [2.05, 4.69) is 0 Å². The fourth-order valence-corrected chi connectivity index (χ4v) is 2.28. The Morgan fingerprint density at radius 3 is 2.18 bits per heavy atom. The highest BCUT2D eigenvalue weighted by atomic mass is 19.4. The van der Waals surface area contributed by atoms with Gasteiger partial charge in [-0.2, -0.15) is 13.2 Å². The lowest BCUT2D eigenvalue weighted by atomic mass is 10.1. The molecule has 0 amide bonds. The molecule has 0 bridgehead atoms. The zero-order valence-corrected chi connectivity index (χ0v) is 14.9. The van der Waals surface area contributed by atoms with Gasteiger partial charge in [0.25, 0.3) is 0 Å². The van der Waals surface area contributed by atoms with E-state index in [0.29, 0.717) is 5.56 Å². The van der Waals surface area contributed by atoms with Gasteiger partial charge in [-0.05, 0) is 47.5 Å². The molecule has 0 aliphatic heterocycles. The predicted molar refractivity (Wildman–Crippen MR) is 98.8 cm³/mol. The summed E-state index contributed by atoms with van der Waals surface area (Å²) in [4.78, 5) is 23.7. The van der Waals surface area contributed by atoms with Gasteiger partial charge in [0.15, 0.2) is 23.1 Å². The van der Waals surface area contributed by atoms with Crippen molar-refractivity contribution in [1.82, 2.24) is 0 Å². The van der Waals surface area contributed by atoms with Crippen molar-refractivity contribution in [3.63, 3.8) is 0 Å². The predicted octanol–water partition coefficient (Wildman–Crippen LogP) is 4.67. The van der Waals surface area contributed by atoms with E-state index >= 15 is 0 Å². The number of methoxy groups -OCH3 is 1. The third-order valence-corrected chi connectivity index (χ3v) is 3.69. The maximum Gasteiger partial charge on any atom is 0.416 e. The van der Waals surface area contributed by atoms with E-state index in [0.717, 1.165) is 18.2 Å². The van der Waals surface area contributed by atoms with Gasteiger partial charge < -0.3 is 9.84 Å². The van der Waals surface area contributed by atoms with Crippen molar-refractivity contribution in [3.8, 4) is 11.5 Å². The number of allylic oxidation sites excluding steroid dienone is 2. The molecule has 2 rings (SSSR count). The summed E-state index contributed by atoms with van der Waals surface area (Å²) >= 11 is 0. The molecule has 0 unspecified atom stereocenters. The number of benzene rings is 2. The van der Waals surface area contributed by atoms with E-state index in [4.69, 9.17) is 4.74 Å². The number of ketones is 2. The van der Waals surface area contributed by atoms with Gasteiger partial charge in [-0.1, -0.05) is 30.4 Å². The third kappa shape index (κ3) is 6.12. The van der Waals surface area contributed by atoms with Crippen molar-refractivity contribution in [2.24, 2.45) is 0 Å². The highest BCUT2D eigenvalue weighted by Crippen LogP contribution is 2.30. The summed E-state index contributed by atoms with van der Waals surface area (Å²) in [7, 11) is 1.39. The number of hydrogen-bond acceptors (Lipinski definition) is 4. The summed E-state index contributed by atoms with van der Waals surface area (Å²) < 4.78 is 43.0. The number of alkyl halides is 3. The van der Waals surface area contributed by atoms with E-state index < -0.39 is 29.7 Å². The number of carbonyl (C=O) groups is 2. The number of phenolic OH excluding ortho intramolecular Hbond substituents is 1. The largest absolute Gasteiger partial charge is 0.504 e. The fourth-order valence-electron chi connectivity index (χ4n) is 2.28. The molecule has 146 valence electrons. The molecule has 2 aromatic carbocycles. The lowest BCUT2D eigenvalue weighted by molar-refractivity contribution is -0.137. The summed E-state index contributed by atoms with van der Waals surface area (Å²) in [5.74, 6) is -0.795. The highest BCUT2D eigenvalue weighted by molar-refractivity contribution is 6.10. The van der Waals surface area contributed by atoms with Crippen molar-refractivity contribution in [1.29, 1.82) is 0 Å². The van der Waals surface area contributed by atoms with Crippen molar-refractivity contribution in [3.05, 3.63) is 71.3 Å². The SMILES string of the molecule is COc1cc(/C=C/C(=O)CC(=O)/C=C/c2cccc(C(F)(F)F)c2)ccc1O. The molecule has 0 saturated heterocycles. The van der Waals surface area contributed by atoms with Crippen LogP contribution in [0.5, 0.6) is 11.5 Å². The summed E-state index contributed by atoms with van der Waals surface area (Å²) in [5, 5.41) is 9.52. The molecule has 2 aromatic rings. The standard InChI is InChI=1S/C21H17F3O4/c1-28-20-12-15(7-10-19(20)27)6-9-18(26)13-17(25)8-5-14-3-2-4-16(11-14)21(22,23)24/h2-12,27H,13H2,1H3/b8-5+,9-6+. The summed E-state index contributed by atoms with van der Waals surface area (Å²) in [6.45, 7) is 0. The summed E-state index contributed by atoms with van der Waals surface area (Å²) in [6, 6.07) is 9.03. The Kier molecular flexibility index (Phi) is 6.76. The molecule has 1 N–H and O–H groups in total. The van der Waals surface area contributed by atoms with Crippen molar-refractivity contribution >= 4 is 23.7 Å². The number of carbonyl (C=O) groups excluding carboxylic acids is 2. The molecule has 0 heterocycles. The first-order valence-electron chi connectivity index (χ1n) is 8.15.